The van der Waals surface area contributed by atoms with Crippen molar-refractivity contribution < 1.29 is 40.8 Å². The average molecular weight is 350 g/mol. The number of benzene rings is 1. The molecular formula is C12H10F2NO7S-. The predicted octanol–water partition coefficient (Wildman–Crippen LogP) is 1.46. The van der Waals surface area contributed by atoms with Gasteiger partial charge in [0.1, 0.15) is 5.75 Å². The minimum absolute atomic E-state index is 0.0849. The smallest absolute Gasteiger partial charge is 0.411 e. The van der Waals surface area contributed by atoms with Gasteiger partial charge in [0.05, 0.1) is 0 Å². The summed E-state index contributed by atoms with van der Waals surface area (Å²) in [6.45, 7) is 1.28. The van der Waals surface area contributed by atoms with Crippen molar-refractivity contribution in [3.63, 3.8) is 0 Å². The van der Waals surface area contributed by atoms with E-state index in [1.165, 1.54) is 24.3 Å². The molecule has 8 nitrogen and oxygen atoms in total. The van der Waals surface area contributed by atoms with E-state index >= 15 is 0 Å². The first-order chi connectivity index (χ1) is 10.5. The number of ether oxygens (including phenoxy) is 2. The molecule has 0 aliphatic rings. The Balaban J connectivity index is 2.58. The van der Waals surface area contributed by atoms with E-state index in [0.29, 0.717) is 0 Å². The molecule has 1 amide bonds. The molecule has 0 radical (unpaired) electrons. The van der Waals surface area contributed by atoms with Gasteiger partial charge in [0.2, 0.25) is 0 Å². The van der Waals surface area contributed by atoms with Crippen molar-refractivity contribution in [2.24, 2.45) is 0 Å². The monoisotopic (exact) mass is 350 g/mol. The van der Waals surface area contributed by atoms with Crippen molar-refractivity contribution in [2.45, 2.75) is 5.25 Å². The van der Waals surface area contributed by atoms with Gasteiger partial charge < -0.3 is 14.0 Å². The number of carbonyl (C=O) groups is 2. The highest BCUT2D eigenvalue weighted by Gasteiger charge is 2.39. The van der Waals surface area contributed by atoms with E-state index in [0.717, 1.165) is 6.08 Å². The van der Waals surface area contributed by atoms with Crippen LogP contribution in [0.15, 0.2) is 36.9 Å². The highest BCUT2D eigenvalue weighted by molar-refractivity contribution is 7.86. The van der Waals surface area contributed by atoms with Gasteiger partial charge in [0, 0.05) is 11.8 Å². The molecule has 0 saturated heterocycles. The third-order valence-corrected chi connectivity index (χ3v) is 3.07. The van der Waals surface area contributed by atoms with Crippen LogP contribution in [0.25, 0.3) is 0 Å². The molecule has 11 heteroatoms. The predicted molar refractivity (Wildman–Crippen MR) is 71.9 cm³/mol. The van der Waals surface area contributed by atoms with Gasteiger partial charge in [-0.15, -0.1) is 0 Å². The molecule has 0 atom stereocenters. The highest BCUT2D eigenvalue weighted by atomic mass is 32.2. The summed E-state index contributed by atoms with van der Waals surface area (Å²) in [5.41, 5.74) is 0.0849. The fraction of sp³-hybridized carbons (Fsp3) is 0.167. The van der Waals surface area contributed by atoms with Crippen LogP contribution in [0.5, 0.6) is 5.75 Å². The number of alkyl halides is 2. The summed E-state index contributed by atoms with van der Waals surface area (Å²) in [7, 11) is -5.94. The van der Waals surface area contributed by atoms with Crippen LogP contribution in [0.1, 0.15) is 0 Å². The van der Waals surface area contributed by atoms with Crippen LogP contribution >= 0.6 is 0 Å². The molecule has 1 N–H and O–H groups in total. The van der Waals surface area contributed by atoms with Crippen molar-refractivity contribution in [1.82, 2.24) is 0 Å². The van der Waals surface area contributed by atoms with Crippen molar-refractivity contribution in [1.29, 1.82) is 0 Å². The van der Waals surface area contributed by atoms with Crippen LogP contribution in [-0.2, 0) is 19.6 Å². The summed E-state index contributed by atoms with van der Waals surface area (Å²) in [6.07, 6.45) is -0.461. The van der Waals surface area contributed by atoms with E-state index in [1.807, 2.05) is 5.32 Å². The molecule has 0 aliphatic heterocycles. The zero-order valence-electron chi connectivity index (χ0n) is 11.3. The van der Waals surface area contributed by atoms with Gasteiger partial charge in [-0.25, -0.2) is 18.0 Å². The molecule has 0 aromatic heterocycles. The number of carbonyl (C=O) groups excluding carboxylic acids is 2. The number of hydrogen-bond acceptors (Lipinski definition) is 7. The molecule has 126 valence electrons. The normalized spacial score (nSPS) is 11.4. The third kappa shape index (κ3) is 5.64. The van der Waals surface area contributed by atoms with Crippen LogP contribution in [0.3, 0.4) is 0 Å². The summed E-state index contributed by atoms with van der Waals surface area (Å²) < 4.78 is 64.9. The molecule has 1 aromatic carbocycles. The lowest BCUT2D eigenvalue weighted by molar-refractivity contribution is -0.128. The Morgan fingerprint density at radius 2 is 1.87 bits per heavy atom. The van der Waals surface area contributed by atoms with Gasteiger partial charge in [-0.1, -0.05) is 6.58 Å². The maximum atomic E-state index is 12.8. The Morgan fingerprint density at radius 1 is 1.30 bits per heavy atom. The van der Waals surface area contributed by atoms with Gasteiger partial charge in [-0.05, 0) is 24.3 Å². The Hall–Kier alpha value is -2.53. The van der Waals surface area contributed by atoms with Crippen LogP contribution < -0.4 is 10.1 Å². The number of nitrogens with one attached hydrogen (secondary N) is 1. The second kappa shape index (κ2) is 7.15. The zero-order chi connectivity index (χ0) is 17.7. The van der Waals surface area contributed by atoms with E-state index < -0.39 is 34.0 Å². The molecule has 0 spiro atoms. The number of halogens is 2. The molecule has 0 heterocycles. The number of amides is 1. The summed E-state index contributed by atoms with van der Waals surface area (Å²) in [4.78, 5) is 22.2. The molecular weight excluding hydrogens is 340 g/mol. The quantitative estimate of drug-likeness (QED) is 0.357. The summed E-state index contributed by atoms with van der Waals surface area (Å²) >= 11 is 0. The van der Waals surface area contributed by atoms with Crippen molar-refractivity contribution in [3.05, 3.63) is 36.9 Å². The van der Waals surface area contributed by atoms with Gasteiger partial charge in [0.25, 0.3) is 0 Å². The zero-order valence-corrected chi connectivity index (χ0v) is 12.1. The Kier molecular flexibility index (Phi) is 5.76. The van der Waals surface area contributed by atoms with Crippen LogP contribution in [0, 0.1) is 0 Å². The second-order valence-electron chi connectivity index (χ2n) is 3.94. The number of hydrogen-bond donors (Lipinski definition) is 1. The lowest BCUT2D eigenvalue weighted by Gasteiger charge is -2.19. The van der Waals surface area contributed by atoms with E-state index in [2.05, 4.69) is 11.3 Å². The molecule has 0 aliphatic carbocycles. The topological polar surface area (TPSA) is 122 Å². The first-order valence-corrected chi connectivity index (χ1v) is 7.17. The maximum absolute atomic E-state index is 12.8. The average Bonchev–Trinajstić information content (AvgIpc) is 2.46. The van der Waals surface area contributed by atoms with Gasteiger partial charge in [-0.3, -0.25) is 5.32 Å². The lowest BCUT2D eigenvalue weighted by atomic mass is 10.3. The number of esters is 1. The molecule has 1 rings (SSSR count). The Labute approximate surface area is 129 Å². The third-order valence-electron chi connectivity index (χ3n) is 2.22. The number of rotatable bonds is 6. The van der Waals surface area contributed by atoms with Crippen LogP contribution in [0.4, 0.5) is 19.3 Å². The maximum Gasteiger partial charge on any atom is 0.411 e. The molecule has 23 heavy (non-hydrogen) atoms. The summed E-state index contributed by atoms with van der Waals surface area (Å²) in [5.74, 6) is -0.566. The summed E-state index contributed by atoms with van der Waals surface area (Å²) in [6, 6.07) is 5.09. The van der Waals surface area contributed by atoms with E-state index in [9.17, 15) is 31.3 Å². The minimum atomic E-state index is -5.94. The molecule has 0 bridgehead atoms. The first kappa shape index (κ1) is 18.5. The fourth-order valence-electron chi connectivity index (χ4n) is 1.14. The molecule has 1 aromatic rings. The van der Waals surface area contributed by atoms with E-state index in [1.54, 1.807) is 0 Å². The van der Waals surface area contributed by atoms with Crippen molar-refractivity contribution in [2.75, 3.05) is 11.9 Å². The van der Waals surface area contributed by atoms with Crippen molar-refractivity contribution >= 4 is 27.9 Å². The molecule has 0 saturated carbocycles. The standard InChI is InChI=1S/C12H11F2NO7S/c1-2-10(16)22-9-5-3-8(4-6-9)15-11(17)21-7-12(13,14)23(18,19)20/h2-6H,1,7H2,(H,15,17)(H,18,19,20)/p-1. The van der Waals surface area contributed by atoms with E-state index in [-0.39, 0.29) is 11.4 Å². The van der Waals surface area contributed by atoms with Gasteiger partial charge in [-0.2, -0.15) is 8.78 Å². The minimum Gasteiger partial charge on any atom is -0.743 e. The second-order valence-corrected chi connectivity index (χ2v) is 5.45. The Morgan fingerprint density at radius 3 is 2.35 bits per heavy atom. The van der Waals surface area contributed by atoms with E-state index in [4.69, 9.17) is 4.74 Å². The Bertz CT molecular complexity index is 701. The largest absolute Gasteiger partial charge is 0.743 e. The van der Waals surface area contributed by atoms with Crippen LogP contribution in [0.2, 0.25) is 0 Å². The van der Waals surface area contributed by atoms with Gasteiger partial charge >= 0.3 is 17.3 Å². The number of anilines is 1. The van der Waals surface area contributed by atoms with Gasteiger partial charge in [0.15, 0.2) is 16.7 Å². The van der Waals surface area contributed by atoms with Crippen LogP contribution in [-0.4, -0.2) is 36.9 Å². The fourth-order valence-corrected chi connectivity index (χ4v) is 1.34. The first-order valence-electron chi connectivity index (χ1n) is 5.76. The summed E-state index contributed by atoms with van der Waals surface area (Å²) in [5, 5.41) is -2.72. The SMILES string of the molecule is C=CC(=O)Oc1ccc(NC(=O)OCC(F)(F)S(=O)(=O)[O-])cc1. The lowest BCUT2D eigenvalue weighted by Crippen LogP contribution is -2.35. The van der Waals surface area contributed by atoms with Crippen molar-refractivity contribution in [3.8, 4) is 5.75 Å². The highest BCUT2D eigenvalue weighted by Crippen LogP contribution is 2.21. The molecule has 0 fully saturated rings. The molecule has 0 unspecified atom stereocenters.